The number of thioether (sulfide) groups is 1. The van der Waals surface area contributed by atoms with Crippen molar-refractivity contribution in [1.29, 1.82) is 0 Å². The van der Waals surface area contributed by atoms with E-state index in [4.69, 9.17) is 0 Å². The number of aliphatic imine (C=N–C) groups is 2. The van der Waals surface area contributed by atoms with E-state index in [1.807, 2.05) is 42.5 Å². The van der Waals surface area contributed by atoms with Crippen molar-refractivity contribution in [2.24, 2.45) is 9.98 Å². The Morgan fingerprint density at radius 3 is 2.81 bits per heavy atom. The maximum Gasteiger partial charge on any atom is 0.286 e. The quantitative estimate of drug-likeness (QED) is 0.633. The molecule has 1 aromatic carbocycles. The summed E-state index contributed by atoms with van der Waals surface area (Å²) in [5.41, 5.74) is 4.68. The van der Waals surface area contributed by atoms with Crippen LogP contribution in [0, 0.1) is 0 Å². The van der Waals surface area contributed by atoms with Gasteiger partial charge in [-0.15, -0.1) is 0 Å². The highest BCUT2D eigenvalue weighted by atomic mass is 32.2. The third-order valence-corrected chi connectivity index (χ3v) is 5.34. The third kappa shape index (κ3) is 3.31. The first kappa shape index (κ1) is 16.1. The summed E-state index contributed by atoms with van der Waals surface area (Å²) in [6.45, 7) is 0. The molecule has 27 heavy (non-hydrogen) atoms. The van der Waals surface area contributed by atoms with E-state index in [9.17, 15) is 4.79 Å². The van der Waals surface area contributed by atoms with Crippen LogP contribution in [0.4, 0.5) is 0 Å². The number of nitrogens with zero attached hydrogens (tertiary/aromatic N) is 4. The normalized spacial score (nSPS) is 21.9. The topological polar surface area (TPSA) is 67.6 Å². The predicted molar refractivity (Wildman–Crippen MR) is 109 cm³/mol. The van der Waals surface area contributed by atoms with Crippen molar-refractivity contribution < 1.29 is 4.79 Å². The molecular formula is C21H14N4OS. The molecule has 5 rings (SSSR count). The molecule has 0 unspecified atom stereocenters. The molecular weight excluding hydrogens is 356 g/mol. The molecule has 1 atom stereocenters. The van der Waals surface area contributed by atoms with Crippen LogP contribution in [0.25, 0.3) is 17.1 Å². The lowest BCUT2D eigenvalue weighted by atomic mass is 10.1. The molecule has 0 spiro atoms. The third-order valence-electron chi connectivity index (χ3n) is 4.46. The van der Waals surface area contributed by atoms with Gasteiger partial charge in [-0.25, -0.2) is 9.98 Å². The molecule has 0 radical (unpaired) electrons. The number of benzene rings is 1. The number of amidine groups is 1. The number of fused-ring (bicyclic) bond motifs is 1. The highest BCUT2D eigenvalue weighted by molar-refractivity contribution is 8.18. The Hall–Kier alpha value is -3.12. The van der Waals surface area contributed by atoms with Gasteiger partial charge >= 0.3 is 0 Å². The summed E-state index contributed by atoms with van der Waals surface area (Å²) in [4.78, 5) is 30.2. The van der Waals surface area contributed by atoms with E-state index in [1.54, 1.807) is 12.3 Å². The van der Waals surface area contributed by atoms with E-state index in [-0.39, 0.29) is 5.91 Å². The minimum absolute atomic E-state index is 0.260. The lowest BCUT2D eigenvalue weighted by molar-refractivity contribution is -0.113. The average molecular weight is 370 g/mol. The Morgan fingerprint density at radius 1 is 1.04 bits per heavy atom. The van der Waals surface area contributed by atoms with Crippen LogP contribution >= 0.6 is 11.8 Å². The Bertz CT molecular complexity index is 1150. The van der Waals surface area contributed by atoms with Gasteiger partial charge in [0.25, 0.3) is 5.91 Å². The first-order valence-electron chi connectivity index (χ1n) is 8.63. The molecule has 1 aliphatic heterocycles. The number of carbonyl (C=O) groups is 1. The van der Waals surface area contributed by atoms with Crippen molar-refractivity contribution in [3.05, 3.63) is 77.0 Å². The predicted octanol–water partition coefficient (Wildman–Crippen LogP) is 4.23. The maximum atomic E-state index is 12.2. The lowest BCUT2D eigenvalue weighted by Gasteiger charge is -1.98. The summed E-state index contributed by atoms with van der Waals surface area (Å²) in [6, 6.07) is 17.8. The van der Waals surface area contributed by atoms with Crippen LogP contribution in [0.2, 0.25) is 0 Å². The summed E-state index contributed by atoms with van der Waals surface area (Å²) in [5, 5.41) is 0.516. The van der Waals surface area contributed by atoms with Crippen molar-refractivity contribution in [3.63, 3.8) is 0 Å². The van der Waals surface area contributed by atoms with Crippen molar-refractivity contribution in [3.8, 4) is 0 Å². The van der Waals surface area contributed by atoms with Crippen molar-refractivity contribution >= 4 is 45.7 Å². The number of hydrogen-bond donors (Lipinski definition) is 0. The first-order valence-corrected chi connectivity index (χ1v) is 9.45. The van der Waals surface area contributed by atoms with Crippen LogP contribution in [-0.2, 0) is 4.79 Å². The van der Waals surface area contributed by atoms with Gasteiger partial charge in [0.2, 0.25) is 0 Å². The minimum atomic E-state index is -0.260. The first-order chi connectivity index (χ1) is 13.3. The standard InChI is InChI=1S/C21H14N4OS/c26-20-19(11-14-8-9-16-17(23-14)7-4-10-22-16)27-21(25-20)24-18-12-15(18)13-5-2-1-3-6-13/h1-11,15H,12H2/b19-11-,24-18+/t15-/m0/s1. The highest BCUT2D eigenvalue weighted by Gasteiger charge is 2.35. The Balaban J connectivity index is 1.34. The number of pyridine rings is 2. The van der Waals surface area contributed by atoms with Gasteiger partial charge in [-0.05, 0) is 54.1 Å². The van der Waals surface area contributed by atoms with E-state index in [0.29, 0.717) is 21.7 Å². The largest absolute Gasteiger partial charge is 0.286 e. The summed E-state index contributed by atoms with van der Waals surface area (Å²) >= 11 is 1.30. The van der Waals surface area contributed by atoms with E-state index < -0.39 is 0 Å². The number of rotatable bonds is 2. The minimum Gasteiger partial charge on any atom is -0.266 e. The summed E-state index contributed by atoms with van der Waals surface area (Å²) in [5.74, 6) is 0.0941. The second-order valence-electron chi connectivity index (χ2n) is 6.36. The van der Waals surface area contributed by atoms with Gasteiger partial charge in [0, 0.05) is 17.8 Å². The van der Waals surface area contributed by atoms with E-state index >= 15 is 0 Å². The van der Waals surface area contributed by atoms with Crippen LogP contribution in [-0.4, -0.2) is 26.8 Å². The molecule has 2 aromatic heterocycles. The zero-order chi connectivity index (χ0) is 18.2. The fourth-order valence-corrected chi connectivity index (χ4v) is 3.83. The molecule has 1 amide bonds. The Labute approximate surface area is 160 Å². The molecule has 1 fully saturated rings. The van der Waals surface area contributed by atoms with Crippen LogP contribution < -0.4 is 0 Å². The molecule has 1 aliphatic carbocycles. The molecule has 6 heteroatoms. The smallest absolute Gasteiger partial charge is 0.266 e. The molecule has 0 saturated heterocycles. The molecule has 3 heterocycles. The number of amides is 1. The van der Waals surface area contributed by atoms with E-state index in [0.717, 1.165) is 23.2 Å². The summed E-state index contributed by atoms with van der Waals surface area (Å²) < 4.78 is 0. The molecule has 5 nitrogen and oxygen atoms in total. The van der Waals surface area contributed by atoms with Gasteiger partial charge in [0.15, 0.2) is 5.17 Å². The van der Waals surface area contributed by atoms with E-state index in [2.05, 4.69) is 32.1 Å². The zero-order valence-electron chi connectivity index (χ0n) is 14.2. The molecule has 0 bridgehead atoms. The van der Waals surface area contributed by atoms with Crippen molar-refractivity contribution in [1.82, 2.24) is 9.97 Å². The van der Waals surface area contributed by atoms with Gasteiger partial charge in [-0.1, -0.05) is 30.3 Å². The molecule has 1 saturated carbocycles. The van der Waals surface area contributed by atoms with Crippen LogP contribution in [0.5, 0.6) is 0 Å². The monoisotopic (exact) mass is 370 g/mol. The average Bonchev–Trinajstić information content (AvgIpc) is 3.38. The Kier molecular flexibility index (Phi) is 3.90. The summed E-state index contributed by atoms with van der Waals surface area (Å²) in [7, 11) is 0. The van der Waals surface area contributed by atoms with Crippen LogP contribution in [0.3, 0.4) is 0 Å². The molecule has 2 aliphatic rings. The lowest BCUT2D eigenvalue weighted by Crippen LogP contribution is -1.90. The SMILES string of the molecule is O=C1N=C(/N=C2\C[C@H]2c2ccccc2)S/C1=C\c1ccc2ncccc2n1. The zero-order valence-corrected chi connectivity index (χ0v) is 15.1. The van der Waals surface area contributed by atoms with Gasteiger partial charge in [-0.2, -0.15) is 4.99 Å². The van der Waals surface area contributed by atoms with Gasteiger partial charge in [0.05, 0.1) is 21.6 Å². The van der Waals surface area contributed by atoms with Gasteiger partial charge in [0.1, 0.15) is 0 Å². The number of carbonyl (C=O) groups excluding carboxylic acids is 1. The van der Waals surface area contributed by atoms with Gasteiger partial charge < -0.3 is 0 Å². The highest BCUT2D eigenvalue weighted by Crippen LogP contribution is 2.39. The molecule has 130 valence electrons. The fourth-order valence-electron chi connectivity index (χ4n) is 3.03. The molecule has 3 aromatic rings. The van der Waals surface area contributed by atoms with Crippen molar-refractivity contribution in [2.75, 3.05) is 0 Å². The fraction of sp³-hybridized carbons (Fsp3) is 0.0952. The number of aromatic nitrogens is 2. The molecule has 0 N–H and O–H groups in total. The second-order valence-corrected chi connectivity index (χ2v) is 7.37. The summed E-state index contributed by atoms with van der Waals surface area (Å²) in [6.07, 6.45) is 4.42. The Morgan fingerprint density at radius 2 is 1.93 bits per heavy atom. The van der Waals surface area contributed by atoms with Crippen LogP contribution in [0.15, 0.2) is 75.7 Å². The second kappa shape index (κ2) is 6.55. The number of hydrogen-bond acceptors (Lipinski definition) is 5. The maximum absolute atomic E-state index is 12.2. The van der Waals surface area contributed by atoms with Gasteiger partial charge in [-0.3, -0.25) is 9.78 Å². The van der Waals surface area contributed by atoms with Crippen molar-refractivity contribution in [2.45, 2.75) is 12.3 Å². The van der Waals surface area contributed by atoms with Crippen LogP contribution in [0.1, 0.15) is 23.6 Å². The van der Waals surface area contributed by atoms with E-state index in [1.165, 1.54) is 17.3 Å².